The van der Waals surface area contributed by atoms with E-state index >= 15 is 0 Å². The third-order valence-electron chi connectivity index (χ3n) is 6.48. The molecule has 2 amide bonds. The number of carbonyl (C=O) groups is 2. The Morgan fingerprint density at radius 3 is 2.52 bits per heavy atom. The van der Waals surface area contributed by atoms with E-state index in [1.165, 1.54) is 50.5 Å². The van der Waals surface area contributed by atoms with Crippen LogP contribution in [0.2, 0.25) is 0 Å². The molecule has 140 valence electrons. The Balaban J connectivity index is 1.34. The van der Waals surface area contributed by atoms with Crippen LogP contribution in [0.3, 0.4) is 0 Å². The van der Waals surface area contributed by atoms with Gasteiger partial charge in [0.1, 0.15) is 0 Å². The monoisotopic (exact) mass is 348 g/mol. The molecule has 0 bridgehead atoms. The van der Waals surface area contributed by atoms with E-state index in [0.29, 0.717) is 12.6 Å². The summed E-state index contributed by atoms with van der Waals surface area (Å²) < 4.78 is 4.72. The first-order valence-electron chi connectivity index (χ1n) is 9.93. The maximum absolute atomic E-state index is 12.6. The minimum absolute atomic E-state index is 0.0609. The molecule has 0 aliphatic heterocycles. The number of rotatable bonds is 7. The van der Waals surface area contributed by atoms with Crippen molar-refractivity contribution >= 4 is 12.0 Å². The highest BCUT2D eigenvalue weighted by Crippen LogP contribution is 2.43. The Morgan fingerprint density at radius 2 is 1.88 bits per heavy atom. The minimum Gasteiger partial charge on any atom is -0.450 e. The van der Waals surface area contributed by atoms with Crippen molar-refractivity contribution in [1.29, 1.82) is 0 Å². The van der Waals surface area contributed by atoms with Crippen LogP contribution in [0.1, 0.15) is 64.2 Å². The zero-order chi connectivity index (χ0) is 17.8. The van der Waals surface area contributed by atoms with Crippen LogP contribution in [-0.2, 0) is 9.53 Å². The molecule has 0 saturated heterocycles. The summed E-state index contributed by atoms with van der Waals surface area (Å²) in [5.41, 5.74) is 6.23. The number of ether oxygens (including phenoxy) is 1. The number of hydrogen-bond donors (Lipinski definition) is 1. The van der Waals surface area contributed by atoms with Gasteiger partial charge in [0.2, 0.25) is 5.91 Å². The van der Waals surface area contributed by atoms with Gasteiger partial charge in [-0.15, -0.1) is 0 Å². The summed E-state index contributed by atoms with van der Waals surface area (Å²) in [5, 5.41) is 0. The highest BCUT2D eigenvalue weighted by Gasteiger charge is 2.40. The first-order chi connectivity index (χ1) is 12.0. The average molecular weight is 348 g/mol. The van der Waals surface area contributed by atoms with Gasteiger partial charge < -0.3 is 15.4 Å². The fraction of sp³-hybridized carbons (Fsp3) is 0.800. The number of primary amides is 1. The van der Waals surface area contributed by atoms with E-state index in [1.807, 2.05) is 11.9 Å². The second kappa shape index (κ2) is 8.24. The Morgan fingerprint density at radius 1 is 1.20 bits per heavy atom. The van der Waals surface area contributed by atoms with Gasteiger partial charge in [0.15, 0.2) is 0 Å². The van der Waals surface area contributed by atoms with E-state index in [4.69, 9.17) is 10.5 Å². The predicted octanol–water partition coefficient (Wildman–Crippen LogP) is 3.63. The Bertz CT molecular complexity index is 519. The minimum atomic E-state index is -0.718. The number of amides is 2. The molecule has 0 unspecified atom stereocenters. The van der Waals surface area contributed by atoms with Gasteiger partial charge in [-0.2, -0.15) is 0 Å². The maximum Gasteiger partial charge on any atom is 0.404 e. The summed E-state index contributed by atoms with van der Waals surface area (Å²) in [5.74, 6) is 2.12. The molecule has 25 heavy (non-hydrogen) atoms. The van der Waals surface area contributed by atoms with Crippen molar-refractivity contribution < 1.29 is 14.3 Å². The zero-order valence-electron chi connectivity index (χ0n) is 15.4. The van der Waals surface area contributed by atoms with Crippen molar-refractivity contribution in [2.45, 2.75) is 70.3 Å². The first kappa shape index (κ1) is 18.3. The standard InChI is InChI=1S/C20H32N2O3/c1-22(18-12-16(13-18)15-7-3-2-4-8-15)19(23)17-10-14(11-17)6-5-9-25-20(21)24/h10,15-18H,2-9,11-13H2,1H3,(H2,21,24)/t16-,17-,18-/m0/s1. The molecule has 2 N–H and O–H groups in total. The second-order valence-corrected chi connectivity index (χ2v) is 8.14. The smallest absolute Gasteiger partial charge is 0.404 e. The van der Waals surface area contributed by atoms with Gasteiger partial charge in [-0.3, -0.25) is 4.79 Å². The largest absolute Gasteiger partial charge is 0.450 e. The summed E-state index contributed by atoms with van der Waals surface area (Å²) in [4.78, 5) is 25.1. The van der Waals surface area contributed by atoms with Crippen molar-refractivity contribution in [3.8, 4) is 0 Å². The molecule has 0 heterocycles. The van der Waals surface area contributed by atoms with E-state index in [1.54, 1.807) is 0 Å². The summed E-state index contributed by atoms with van der Waals surface area (Å²) >= 11 is 0. The van der Waals surface area contributed by atoms with Gasteiger partial charge in [-0.25, -0.2) is 4.79 Å². The van der Waals surface area contributed by atoms with Gasteiger partial charge in [0, 0.05) is 13.1 Å². The Kier molecular flexibility index (Phi) is 6.02. The van der Waals surface area contributed by atoms with Crippen LogP contribution < -0.4 is 5.73 Å². The molecule has 3 aliphatic rings. The van der Waals surface area contributed by atoms with E-state index in [2.05, 4.69) is 6.08 Å². The van der Waals surface area contributed by atoms with Gasteiger partial charge in [-0.1, -0.05) is 43.8 Å². The van der Waals surface area contributed by atoms with E-state index in [-0.39, 0.29) is 11.8 Å². The molecule has 5 heteroatoms. The first-order valence-corrected chi connectivity index (χ1v) is 9.93. The maximum atomic E-state index is 12.6. The second-order valence-electron chi connectivity index (χ2n) is 8.14. The fourth-order valence-electron chi connectivity index (χ4n) is 4.73. The van der Waals surface area contributed by atoms with Crippen LogP contribution in [0, 0.1) is 17.8 Å². The lowest BCUT2D eigenvalue weighted by atomic mass is 9.67. The third kappa shape index (κ3) is 4.56. The molecular weight excluding hydrogens is 316 g/mol. The summed E-state index contributed by atoms with van der Waals surface area (Å²) in [6.45, 7) is 0.357. The van der Waals surface area contributed by atoms with Crippen LogP contribution in [0.15, 0.2) is 11.6 Å². The molecule has 0 aromatic rings. The molecule has 5 nitrogen and oxygen atoms in total. The molecule has 2 saturated carbocycles. The number of carbonyl (C=O) groups excluding carboxylic acids is 2. The summed E-state index contributed by atoms with van der Waals surface area (Å²) in [7, 11) is 1.98. The molecule has 3 rings (SSSR count). The highest BCUT2D eigenvalue weighted by atomic mass is 16.5. The van der Waals surface area contributed by atoms with E-state index in [9.17, 15) is 9.59 Å². The summed E-state index contributed by atoms with van der Waals surface area (Å²) in [6, 6.07) is 0.459. The highest BCUT2D eigenvalue weighted by molar-refractivity contribution is 5.82. The van der Waals surface area contributed by atoms with E-state index in [0.717, 1.165) is 31.1 Å². The topological polar surface area (TPSA) is 72.6 Å². The van der Waals surface area contributed by atoms with Gasteiger partial charge in [0.05, 0.1) is 12.5 Å². The van der Waals surface area contributed by atoms with Crippen molar-refractivity contribution in [1.82, 2.24) is 4.90 Å². The molecule has 0 aromatic carbocycles. The van der Waals surface area contributed by atoms with Crippen molar-refractivity contribution in [3.05, 3.63) is 11.6 Å². The molecule has 0 spiro atoms. The fourth-order valence-corrected chi connectivity index (χ4v) is 4.73. The molecule has 0 aromatic heterocycles. The van der Waals surface area contributed by atoms with Gasteiger partial charge >= 0.3 is 6.09 Å². The quantitative estimate of drug-likeness (QED) is 0.564. The molecule has 1 atom stereocenters. The molecule has 0 radical (unpaired) electrons. The number of nitrogens with zero attached hydrogens (tertiary/aromatic N) is 1. The number of allylic oxidation sites excluding steroid dienone is 1. The number of nitrogens with two attached hydrogens (primary N) is 1. The molecular formula is C20H32N2O3. The van der Waals surface area contributed by atoms with Crippen LogP contribution >= 0.6 is 0 Å². The molecule has 2 fully saturated rings. The van der Waals surface area contributed by atoms with Crippen LogP contribution in [-0.4, -0.2) is 36.6 Å². The molecule has 3 aliphatic carbocycles. The SMILES string of the molecule is CN(C(=O)[C@H]1C=C(CCCOC(N)=O)C1)[C@H]1C[C@H](C2CCCCC2)C1. The van der Waals surface area contributed by atoms with Gasteiger partial charge in [0.25, 0.3) is 0 Å². The van der Waals surface area contributed by atoms with Crippen LogP contribution in [0.5, 0.6) is 0 Å². The average Bonchev–Trinajstić information content (AvgIpc) is 2.51. The Labute approximate surface area is 151 Å². The lowest BCUT2D eigenvalue weighted by molar-refractivity contribution is -0.138. The van der Waals surface area contributed by atoms with Crippen LogP contribution in [0.4, 0.5) is 4.79 Å². The third-order valence-corrected chi connectivity index (χ3v) is 6.48. The lowest BCUT2D eigenvalue weighted by Crippen LogP contribution is -2.50. The zero-order valence-corrected chi connectivity index (χ0v) is 15.4. The predicted molar refractivity (Wildman–Crippen MR) is 96.8 cm³/mol. The number of hydrogen-bond acceptors (Lipinski definition) is 3. The normalized spacial score (nSPS) is 29.2. The summed E-state index contributed by atoms with van der Waals surface area (Å²) in [6.07, 6.45) is 13.3. The van der Waals surface area contributed by atoms with Crippen LogP contribution in [0.25, 0.3) is 0 Å². The Hall–Kier alpha value is -1.52. The van der Waals surface area contributed by atoms with E-state index < -0.39 is 6.09 Å². The lowest BCUT2D eigenvalue weighted by Gasteiger charge is -2.47. The van der Waals surface area contributed by atoms with Crippen molar-refractivity contribution in [2.24, 2.45) is 23.5 Å². The van der Waals surface area contributed by atoms with Gasteiger partial charge in [-0.05, 0) is 43.9 Å². The van der Waals surface area contributed by atoms with Crippen molar-refractivity contribution in [2.75, 3.05) is 13.7 Å². The van der Waals surface area contributed by atoms with Crippen molar-refractivity contribution in [3.63, 3.8) is 0 Å².